The number of carbonyl (C=O) groups is 1. The number of hydrogen-bond donors (Lipinski definition) is 1. The van der Waals surface area contributed by atoms with Gasteiger partial charge in [-0.15, -0.1) is 0 Å². The summed E-state index contributed by atoms with van der Waals surface area (Å²) in [6.45, 7) is 0. The molecular weight excluding hydrogens is 166 g/mol. The summed E-state index contributed by atoms with van der Waals surface area (Å²) >= 11 is 0. The van der Waals surface area contributed by atoms with Gasteiger partial charge in [-0.25, -0.2) is 0 Å². The SMILES string of the molecule is O=C(O)C1CCC(n2cccc2)C1. The molecule has 3 heteroatoms. The third kappa shape index (κ3) is 1.59. The van der Waals surface area contributed by atoms with Gasteiger partial charge < -0.3 is 9.67 Å². The average Bonchev–Trinajstić information content (AvgIpc) is 2.75. The largest absolute Gasteiger partial charge is 0.481 e. The number of hydrogen-bond acceptors (Lipinski definition) is 1. The molecule has 1 saturated carbocycles. The minimum absolute atomic E-state index is 0.132. The summed E-state index contributed by atoms with van der Waals surface area (Å²) in [5.74, 6) is -0.776. The number of carboxylic acids is 1. The van der Waals surface area contributed by atoms with E-state index in [0.29, 0.717) is 6.04 Å². The Hall–Kier alpha value is -1.25. The molecule has 0 bridgehead atoms. The van der Waals surface area contributed by atoms with E-state index in [4.69, 9.17) is 5.11 Å². The van der Waals surface area contributed by atoms with Crippen LogP contribution >= 0.6 is 0 Å². The molecule has 0 saturated heterocycles. The van der Waals surface area contributed by atoms with Gasteiger partial charge in [0.05, 0.1) is 5.92 Å². The zero-order valence-corrected chi connectivity index (χ0v) is 7.39. The number of aliphatic carboxylic acids is 1. The first-order valence-electron chi connectivity index (χ1n) is 4.62. The van der Waals surface area contributed by atoms with E-state index in [0.717, 1.165) is 19.3 Å². The zero-order chi connectivity index (χ0) is 9.26. The molecule has 1 N–H and O–H groups in total. The standard InChI is InChI=1S/C10H13NO2/c12-10(13)8-3-4-9(7-8)11-5-1-2-6-11/h1-2,5-6,8-9H,3-4,7H2,(H,12,13). The van der Waals surface area contributed by atoms with Crippen LogP contribution in [-0.4, -0.2) is 15.6 Å². The highest BCUT2D eigenvalue weighted by Gasteiger charge is 2.29. The Bertz CT molecular complexity index is 292. The lowest BCUT2D eigenvalue weighted by Crippen LogP contribution is -2.10. The highest BCUT2D eigenvalue weighted by molar-refractivity contribution is 5.70. The van der Waals surface area contributed by atoms with Crippen LogP contribution in [0.5, 0.6) is 0 Å². The average molecular weight is 179 g/mol. The Labute approximate surface area is 77.0 Å². The van der Waals surface area contributed by atoms with Crippen molar-refractivity contribution in [3.63, 3.8) is 0 Å². The van der Waals surface area contributed by atoms with Crippen LogP contribution < -0.4 is 0 Å². The van der Waals surface area contributed by atoms with E-state index >= 15 is 0 Å². The van der Waals surface area contributed by atoms with E-state index < -0.39 is 5.97 Å². The second-order valence-electron chi connectivity index (χ2n) is 3.63. The highest BCUT2D eigenvalue weighted by atomic mass is 16.4. The lowest BCUT2D eigenvalue weighted by atomic mass is 10.1. The Morgan fingerprint density at radius 1 is 1.31 bits per heavy atom. The third-order valence-electron chi connectivity index (χ3n) is 2.80. The Morgan fingerprint density at radius 2 is 2.00 bits per heavy atom. The van der Waals surface area contributed by atoms with Crippen LogP contribution in [0.2, 0.25) is 0 Å². The van der Waals surface area contributed by atoms with Crippen LogP contribution in [0.1, 0.15) is 25.3 Å². The van der Waals surface area contributed by atoms with Crippen LogP contribution in [0.3, 0.4) is 0 Å². The van der Waals surface area contributed by atoms with Gasteiger partial charge in [0.1, 0.15) is 0 Å². The van der Waals surface area contributed by atoms with Crippen molar-refractivity contribution in [3.8, 4) is 0 Å². The van der Waals surface area contributed by atoms with Crippen LogP contribution in [-0.2, 0) is 4.79 Å². The maximum Gasteiger partial charge on any atom is 0.306 e. The zero-order valence-electron chi connectivity index (χ0n) is 7.39. The van der Waals surface area contributed by atoms with Gasteiger partial charge in [0, 0.05) is 18.4 Å². The molecule has 3 nitrogen and oxygen atoms in total. The van der Waals surface area contributed by atoms with Crippen molar-refractivity contribution in [1.29, 1.82) is 0 Å². The van der Waals surface area contributed by atoms with Gasteiger partial charge in [0.25, 0.3) is 0 Å². The highest BCUT2D eigenvalue weighted by Crippen LogP contribution is 2.34. The van der Waals surface area contributed by atoms with Gasteiger partial charge in [-0.1, -0.05) is 0 Å². The normalized spacial score (nSPS) is 27.7. The van der Waals surface area contributed by atoms with Crippen LogP contribution in [0.15, 0.2) is 24.5 Å². The molecule has 1 aromatic rings. The van der Waals surface area contributed by atoms with E-state index in [9.17, 15) is 4.79 Å². The van der Waals surface area contributed by atoms with Crippen molar-refractivity contribution >= 4 is 5.97 Å². The summed E-state index contributed by atoms with van der Waals surface area (Å²) in [4.78, 5) is 10.7. The molecule has 1 aliphatic carbocycles. The van der Waals surface area contributed by atoms with E-state index in [1.165, 1.54) is 0 Å². The van der Waals surface area contributed by atoms with Gasteiger partial charge in [-0.05, 0) is 31.4 Å². The number of aromatic nitrogens is 1. The molecule has 0 aromatic carbocycles. The van der Waals surface area contributed by atoms with Gasteiger partial charge >= 0.3 is 5.97 Å². The number of rotatable bonds is 2. The van der Waals surface area contributed by atoms with E-state index in [2.05, 4.69) is 4.57 Å². The third-order valence-corrected chi connectivity index (χ3v) is 2.80. The first kappa shape index (κ1) is 8.35. The first-order chi connectivity index (χ1) is 6.27. The molecule has 70 valence electrons. The van der Waals surface area contributed by atoms with Crippen molar-refractivity contribution < 1.29 is 9.90 Å². The van der Waals surface area contributed by atoms with E-state index in [1.807, 2.05) is 24.5 Å². The predicted molar refractivity (Wildman–Crippen MR) is 48.4 cm³/mol. The van der Waals surface area contributed by atoms with Crippen molar-refractivity contribution in [3.05, 3.63) is 24.5 Å². The van der Waals surface area contributed by atoms with Crippen LogP contribution in [0, 0.1) is 5.92 Å². The Morgan fingerprint density at radius 3 is 2.54 bits per heavy atom. The molecule has 2 unspecified atom stereocenters. The smallest absolute Gasteiger partial charge is 0.306 e. The van der Waals surface area contributed by atoms with E-state index in [-0.39, 0.29) is 5.92 Å². The topological polar surface area (TPSA) is 42.2 Å². The summed E-state index contributed by atoms with van der Waals surface area (Å²) in [6.07, 6.45) is 6.61. The molecule has 0 radical (unpaired) electrons. The van der Waals surface area contributed by atoms with Gasteiger partial charge in [0.15, 0.2) is 0 Å². The fourth-order valence-electron chi connectivity index (χ4n) is 2.04. The molecule has 2 atom stereocenters. The number of nitrogens with zero attached hydrogens (tertiary/aromatic N) is 1. The van der Waals surface area contributed by atoms with Crippen molar-refractivity contribution in [2.24, 2.45) is 5.92 Å². The minimum Gasteiger partial charge on any atom is -0.481 e. The summed E-state index contributed by atoms with van der Waals surface area (Å²) in [7, 11) is 0. The molecule has 0 amide bonds. The molecule has 1 fully saturated rings. The monoisotopic (exact) mass is 179 g/mol. The maximum absolute atomic E-state index is 10.7. The van der Waals surface area contributed by atoms with Crippen LogP contribution in [0.4, 0.5) is 0 Å². The summed E-state index contributed by atoms with van der Waals surface area (Å²) in [6, 6.07) is 4.36. The fourth-order valence-corrected chi connectivity index (χ4v) is 2.04. The molecule has 13 heavy (non-hydrogen) atoms. The van der Waals surface area contributed by atoms with Crippen molar-refractivity contribution in [1.82, 2.24) is 4.57 Å². The summed E-state index contributed by atoms with van der Waals surface area (Å²) < 4.78 is 2.11. The lowest BCUT2D eigenvalue weighted by molar-refractivity contribution is -0.141. The molecule has 1 heterocycles. The first-order valence-corrected chi connectivity index (χ1v) is 4.62. The number of carboxylic acid groups (broad SMARTS) is 1. The molecule has 2 rings (SSSR count). The van der Waals surface area contributed by atoms with E-state index in [1.54, 1.807) is 0 Å². The van der Waals surface area contributed by atoms with Gasteiger partial charge in [0.2, 0.25) is 0 Å². The predicted octanol–water partition coefficient (Wildman–Crippen LogP) is 1.91. The van der Waals surface area contributed by atoms with Crippen molar-refractivity contribution in [2.45, 2.75) is 25.3 Å². The molecular formula is C10H13NO2. The summed E-state index contributed by atoms with van der Waals surface area (Å²) in [5, 5.41) is 8.82. The molecule has 1 aliphatic rings. The quantitative estimate of drug-likeness (QED) is 0.753. The van der Waals surface area contributed by atoms with Gasteiger partial charge in [-0.3, -0.25) is 4.79 Å². The van der Waals surface area contributed by atoms with Crippen LogP contribution in [0.25, 0.3) is 0 Å². The fraction of sp³-hybridized carbons (Fsp3) is 0.500. The second kappa shape index (κ2) is 3.24. The summed E-state index contributed by atoms with van der Waals surface area (Å²) in [5.41, 5.74) is 0. The van der Waals surface area contributed by atoms with Crippen molar-refractivity contribution in [2.75, 3.05) is 0 Å². The molecule has 0 spiro atoms. The van der Waals surface area contributed by atoms with Gasteiger partial charge in [-0.2, -0.15) is 0 Å². The molecule has 1 aromatic heterocycles. The minimum atomic E-state index is -0.644. The maximum atomic E-state index is 10.7. The second-order valence-corrected chi connectivity index (χ2v) is 3.63. The molecule has 0 aliphatic heterocycles. The lowest BCUT2D eigenvalue weighted by Gasteiger charge is -2.11. The Kier molecular flexibility index (Phi) is 2.08. The Balaban J connectivity index is 2.03.